The maximum absolute atomic E-state index is 6.36. The predicted octanol–water partition coefficient (Wildman–Crippen LogP) is 10.3. The summed E-state index contributed by atoms with van der Waals surface area (Å²) in [6.07, 6.45) is 0. The summed E-state index contributed by atoms with van der Waals surface area (Å²) in [6, 6.07) is 27.7. The Kier molecular flexibility index (Phi) is 7.19. The minimum atomic E-state index is 0.0959. The number of imidazole rings is 2. The molecule has 200 valence electrons. The van der Waals surface area contributed by atoms with Crippen molar-refractivity contribution < 1.29 is 0 Å². The van der Waals surface area contributed by atoms with Crippen molar-refractivity contribution in [3.05, 3.63) is 128 Å². The van der Waals surface area contributed by atoms with E-state index in [4.69, 9.17) is 46.4 Å². The van der Waals surface area contributed by atoms with Gasteiger partial charge in [0, 0.05) is 31.2 Å². The Balaban J connectivity index is 0.000000132. The number of para-hydroxylation sites is 4. The highest BCUT2D eigenvalue weighted by Gasteiger charge is 2.31. The van der Waals surface area contributed by atoms with Crippen LogP contribution in [-0.4, -0.2) is 19.1 Å². The largest absolute Gasteiger partial charge is 0.310 e. The minimum Gasteiger partial charge on any atom is -0.310 e. The van der Waals surface area contributed by atoms with Crippen LogP contribution in [0.4, 0.5) is 0 Å². The Bertz CT molecular complexity index is 1720. The normalized spacial score (nSPS) is 17.6. The second-order valence-corrected chi connectivity index (χ2v) is 13.1. The van der Waals surface area contributed by atoms with Crippen LogP contribution < -0.4 is 0 Å². The minimum absolute atomic E-state index is 0.0959. The van der Waals surface area contributed by atoms with Gasteiger partial charge in [0.1, 0.15) is 22.4 Å². The van der Waals surface area contributed by atoms with E-state index in [-0.39, 0.29) is 10.7 Å². The van der Waals surface area contributed by atoms with Gasteiger partial charge in [0.25, 0.3) is 0 Å². The number of nitrogens with zero attached hydrogens (tertiary/aromatic N) is 4. The first-order valence-electron chi connectivity index (χ1n) is 12.5. The fourth-order valence-corrected chi connectivity index (χ4v) is 9.39. The van der Waals surface area contributed by atoms with E-state index in [0.29, 0.717) is 20.1 Å². The molecule has 8 rings (SSSR count). The highest BCUT2D eigenvalue weighted by atomic mass is 35.5. The van der Waals surface area contributed by atoms with Crippen molar-refractivity contribution in [2.24, 2.45) is 0 Å². The molecule has 40 heavy (non-hydrogen) atoms. The van der Waals surface area contributed by atoms with E-state index in [1.807, 2.05) is 72.8 Å². The number of benzene rings is 4. The Hall–Kier alpha value is -2.32. The lowest BCUT2D eigenvalue weighted by Crippen LogP contribution is -2.04. The van der Waals surface area contributed by atoms with Crippen LogP contribution in [0, 0.1) is 0 Å². The lowest BCUT2D eigenvalue weighted by atomic mass is 10.2. The number of hydrogen-bond donors (Lipinski definition) is 0. The van der Waals surface area contributed by atoms with Gasteiger partial charge in [-0.25, -0.2) is 9.97 Å². The predicted molar refractivity (Wildman–Crippen MR) is 171 cm³/mol. The quantitative estimate of drug-likeness (QED) is 0.188. The van der Waals surface area contributed by atoms with Gasteiger partial charge >= 0.3 is 0 Å². The lowest BCUT2D eigenvalue weighted by Gasteiger charge is -2.17. The van der Waals surface area contributed by atoms with Crippen LogP contribution in [0.5, 0.6) is 0 Å². The van der Waals surface area contributed by atoms with E-state index in [1.54, 1.807) is 23.5 Å². The van der Waals surface area contributed by atoms with Crippen LogP contribution in [0.25, 0.3) is 22.1 Å². The third-order valence-corrected chi connectivity index (χ3v) is 10.7. The zero-order chi connectivity index (χ0) is 27.4. The van der Waals surface area contributed by atoms with Crippen LogP contribution in [0.1, 0.15) is 33.5 Å². The lowest BCUT2D eigenvalue weighted by molar-refractivity contribution is 0.794. The molecule has 0 saturated heterocycles. The third-order valence-electron chi connectivity index (χ3n) is 7.04. The number of hydrogen-bond acceptors (Lipinski definition) is 4. The molecule has 0 saturated carbocycles. The van der Waals surface area contributed by atoms with Gasteiger partial charge in [0.05, 0.1) is 33.6 Å². The van der Waals surface area contributed by atoms with Gasteiger partial charge in [-0.1, -0.05) is 82.8 Å². The summed E-state index contributed by atoms with van der Waals surface area (Å²) >= 11 is 29.1. The van der Waals surface area contributed by atoms with E-state index in [2.05, 4.69) is 31.2 Å². The van der Waals surface area contributed by atoms with Crippen molar-refractivity contribution in [1.29, 1.82) is 0 Å². The summed E-state index contributed by atoms with van der Waals surface area (Å²) in [5.41, 5.74) is 6.26. The van der Waals surface area contributed by atoms with Gasteiger partial charge in [-0.2, -0.15) is 0 Å². The fourth-order valence-electron chi connectivity index (χ4n) is 5.29. The van der Waals surface area contributed by atoms with Gasteiger partial charge < -0.3 is 9.13 Å². The molecule has 0 spiro atoms. The first-order valence-corrected chi connectivity index (χ1v) is 16.1. The molecule has 2 atom stereocenters. The second kappa shape index (κ2) is 10.8. The van der Waals surface area contributed by atoms with Crippen LogP contribution in [-0.2, 0) is 11.5 Å². The fraction of sp³-hybridized carbons (Fsp3) is 0.133. The summed E-state index contributed by atoms with van der Waals surface area (Å²) in [5.74, 6) is 3.91. The van der Waals surface area contributed by atoms with Gasteiger partial charge in [0.2, 0.25) is 0 Å². The molecular formula is C30H20Cl4N4S2. The molecule has 0 fully saturated rings. The van der Waals surface area contributed by atoms with Crippen molar-refractivity contribution >= 4 is 92.0 Å². The number of aromatic nitrogens is 4. The van der Waals surface area contributed by atoms with Crippen LogP contribution >= 0.6 is 69.9 Å². The van der Waals surface area contributed by atoms with Crippen molar-refractivity contribution in [2.75, 3.05) is 0 Å². The molecular weight excluding hydrogens is 622 g/mol. The maximum atomic E-state index is 6.36. The van der Waals surface area contributed by atoms with E-state index >= 15 is 0 Å². The third kappa shape index (κ3) is 4.50. The molecule has 0 unspecified atom stereocenters. The number of fused-ring (bicyclic) bond motifs is 6. The van der Waals surface area contributed by atoms with Crippen LogP contribution in [0.3, 0.4) is 0 Å². The first-order chi connectivity index (χ1) is 19.5. The molecule has 2 aliphatic heterocycles. The average molecular weight is 642 g/mol. The van der Waals surface area contributed by atoms with Gasteiger partial charge in [-0.05, 0) is 48.5 Å². The molecule has 0 radical (unpaired) electrons. The number of rotatable bonds is 2. The molecule has 0 amide bonds. The van der Waals surface area contributed by atoms with Gasteiger partial charge in [0.15, 0.2) is 0 Å². The van der Waals surface area contributed by atoms with E-state index in [1.165, 1.54) is 0 Å². The Morgan fingerprint density at radius 2 is 0.900 bits per heavy atom. The molecule has 4 aromatic carbocycles. The highest BCUT2D eigenvalue weighted by molar-refractivity contribution is 7.99. The smallest absolute Gasteiger partial charge is 0.121 e. The van der Waals surface area contributed by atoms with E-state index < -0.39 is 0 Å². The van der Waals surface area contributed by atoms with Crippen molar-refractivity contribution in [3.8, 4) is 0 Å². The summed E-state index contributed by atoms with van der Waals surface area (Å²) in [4.78, 5) is 9.37. The summed E-state index contributed by atoms with van der Waals surface area (Å²) < 4.78 is 4.49. The zero-order valence-electron chi connectivity index (χ0n) is 20.8. The number of halogens is 4. The SMILES string of the molecule is Clc1cccc(Cl)c1[C@@H]1SCc2nc3ccccc3n21.Clc1cccc(Cl)c1[C@H]1SCc2nc3ccccc3n21. The van der Waals surface area contributed by atoms with Crippen LogP contribution in [0.15, 0.2) is 84.9 Å². The summed E-state index contributed by atoms with van der Waals surface area (Å²) in [7, 11) is 0. The standard InChI is InChI=1S/2C15H10Cl2N2S/c2*16-9-4-3-5-10(17)14(9)15-19-12-7-2-1-6-11(12)18-13(19)8-20-15/h2*1-7,15H,8H2/t2*15-/m10/s1. The molecule has 6 aromatic rings. The molecule has 4 heterocycles. The topological polar surface area (TPSA) is 35.6 Å². The van der Waals surface area contributed by atoms with Crippen molar-refractivity contribution in [3.63, 3.8) is 0 Å². The van der Waals surface area contributed by atoms with E-state index in [0.717, 1.165) is 56.3 Å². The van der Waals surface area contributed by atoms with Crippen LogP contribution in [0.2, 0.25) is 20.1 Å². The molecule has 2 aliphatic rings. The Morgan fingerprint density at radius 1 is 0.525 bits per heavy atom. The molecule has 0 aliphatic carbocycles. The van der Waals surface area contributed by atoms with Crippen molar-refractivity contribution in [1.82, 2.24) is 19.1 Å². The Labute approximate surface area is 259 Å². The highest BCUT2D eigenvalue weighted by Crippen LogP contribution is 2.48. The van der Waals surface area contributed by atoms with Gasteiger partial charge in [-0.15, -0.1) is 23.5 Å². The Morgan fingerprint density at radius 3 is 1.30 bits per heavy atom. The molecule has 0 bridgehead atoms. The van der Waals surface area contributed by atoms with Gasteiger partial charge in [-0.3, -0.25) is 0 Å². The molecule has 0 N–H and O–H groups in total. The summed E-state index contributed by atoms with van der Waals surface area (Å²) in [5, 5.41) is 3.03. The average Bonchev–Trinajstić information content (AvgIpc) is 3.70. The number of thioether (sulfide) groups is 2. The maximum Gasteiger partial charge on any atom is 0.121 e. The molecule has 4 nitrogen and oxygen atoms in total. The first kappa shape index (κ1) is 26.6. The molecule has 10 heteroatoms. The molecule has 2 aromatic heterocycles. The monoisotopic (exact) mass is 640 g/mol. The zero-order valence-corrected chi connectivity index (χ0v) is 25.4. The van der Waals surface area contributed by atoms with E-state index in [9.17, 15) is 0 Å². The summed E-state index contributed by atoms with van der Waals surface area (Å²) in [6.45, 7) is 0. The second-order valence-electron chi connectivity index (χ2n) is 9.37. The van der Waals surface area contributed by atoms with Crippen molar-refractivity contribution in [2.45, 2.75) is 22.3 Å².